The number of rotatable bonds is 7. The van der Waals surface area contributed by atoms with Gasteiger partial charge in [0.25, 0.3) is 0 Å². The summed E-state index contributed by atoms with van der Waals surface area (Å²) in [5.41, 5.74) is 2.33. The monoisotopic (exact) mass is 286 g/mol. The molecule has 1 aromatic rings. The summed E-state index contributed by atoms with van der Waals surface area (Å²) in [7, 11) is -3.53. The Labute approximate surface area is 114 Å². The molecule has 0 fully saturated rings. The molecule has 0 amide bonds. The summed E-state index contributed by atoms with van der Waals surface area (Å²) in [6, 6.07) is 2.74. The molecule has 7 heteroatoms. The van der Waals surface area contributed by atoms with Crippen molar-refractivity contribution in [1.29, 1.82) is 0 Å². The summed E-state index contributed by atoms with van der Waals surface area (Å²) in [6.07, 6.45) is 3.20. The van der Waals surface area contributed by atoms with E-state index in [9.17, 15) is 8.42 Å². The van der Waals surface area contributed by atoms with Crippen LogP contribution in [0.15, 0.2) is 23.2 Å². The summed E-state index contributed by atoms with van der Waals surface area (Å²) in [5.74, 6) is 6.09. The van der Waals surface area contributed by atoms with Crippen LogP contribution in [0.2, 0.25) is 0 Å². The number of nitrogens with one attached hydrogen (secondary N) is 2. The largest absolute Gasteiger partial charge is 0.308 e. The fourth-order valence-electron chi connectivity index (χ4n) is 1.63. The third-order valence-corrected chi connectivity index (χ3v) is 4.31. The maximum absolute atomic E-state index is 12.1. The van der Waals surface area contributed by atoms with Crippen LogP contribution >= 0.6 is 0 Å². The van der Waals surface area contributed by atoms with E-state index in [1.54, 1.807) is 0 Å². The number of nitrogens with zero attached hydrogens (tertiary/aromatic N) is 1. The molecule has 108 valence electrons. The highest BCUT2D eigenvalue weighted by Gasteiger charge is 2.18. The van der Waals surface area contributed by atoms with Crippen LogP contribution in [0.1, 0.15) is 33.6 Å². The van der Waals surface area contributed by atoms with Gasteiger partial charge in [-0.05, 0) is 31.7 Å². The molecule has 1 aromatic heterocycles. The molecule has 1 rings (SSSR count). The molecule has 0 radical (unpaired) electrons. The molecule has 0 bridgehead atoms. The van der Waals surface area contributed by atoms with Crippen LogP contribution in [0.4, 0.5) is 5.82 Å². The maximum Gasteiger partial charge on any atom is 0.240 e. The molecule has 0 aliphatic carbocycles. The van der Waals surface area contributed by atoms with Crippen LogP contribution in [0.25, 0.3) is 0 Å². The van der Waals surface area contributed by atoms with Gasteiger partial charge < -0.3 is 5.43 Å². The normalized spacial score (nSPS) is 13.5. The lowest BCUT2D eigenvalue weighted by Gasteiger charge is -2.15. The molecule has 1 unspecified atom stereocenters. The average molecular weight is 286 g/mol. The van der Waals surface area contributed by atoms with Crippen LogP contribution in [0.5, 0.6) is 0 Å². The second kappa shape index (κ2) is 6.83. The van der Waals surface area contributed by atoms with Crippen molar-refractivity contribution in [3.63, 3.8) is 0 Å². The van der Waals surface area contributed by atoms with E-state index in [-0.39, 0.29) is 10.9 Å². The first-order chi connectivity index (χ1) is 8.85. The molecular weight excluding hydrogens is 264 g/mol. The van der Waals surface area contributed by atoms with Crippen molar-refractivity contribution >= 4 is 15.8 Å². The number of sulfonamides is 1. The molecule has 19 heavy (non-hydrogen) atoms. The van der Waals surface area contributed by atoms with Gasteiger partial charge in [0.1, 0.15) is 5.82 Å². The van der Waals surface area contributed by atoms with E-state index in [4.69, 9.17) is 5.84 Å². The Bertz CT molecular complexity index is 502. The number of hydrogen-bond donors (Lipinski definition) is 3. The summed E-state index contributed by atoms with van der Waals surface area (Å²) in [5, 5.41) is 0. The van der Waals surface area contributed by atoms with Crippen LogP contribution in [-0.2, 0) is 10.0 Å². The standard InChI is InChI=1S/C12H22N4O2S/c1-9(2)4-5-10(3)16-19(17,18)11-6-7-14-12(8-11)15-13/h6-10,16H,4-5,13H2,1-3H3,(H,14,15). The van der Waals surface area contributed by atoms with Gasteiger partial charge in [0.2, 0.25) is 10.0 Å². The van der Waals surface area contributed by atoms with Gasteiger partial charge in [-0.3, -0.25) is 0 Å². The zero-order valence-corrected chi connectivity index (χ0v) is 12.4. The van der Waals surface area contributed by atoms with Gasteiger partial charge in [-0.15, -0.1) is 0 Å². The zero-order valence-electron chi connectivity index (χ0n) is 11.6. The molecule has 0 spiro atoms. The van der Waals surface area contributed by atoms with E-state index in [2.05, 4.69) is 29.0 Å². The van der Waals surface area contributed by atoms with Crippen molar-refractivity contribution in [2.24, 2.45) is 11.8 Å². The third-order valence-electron chi connectivity index (χ3n) is 2.72. The van der Waals surface area contributed by atoms with Crippen LogP contribution < -0.4 is 16.0 Å². The highest BCUT2D eigenvalue weighted by atomic mass is 32.2. The molecule has 1 heterocycles. The second-order valence-electron chi connectivity index (χ2n) is 5.01. The predicted molar refractivity (Wildman–Crippen MR) is 75.9 cm³/mol. The first-order valence-electron chi connectivity index (χ1n) is 6.30. The summed E-state index contributed by atoms with van der Waals surface area (Å²) < 4.78 is 27.0. The van der Waals surface area contributed by atoms with Gasteiger partial charge in [0.05, 0.1) is 4.90 Å². The topological polar surface area (TPSA) is 97.1 Å². The van der Waals surface area contributed by atoms with Gasteiger partial charge >= 0.3 is 0 Å². The molecule has 4 N–H and O–H groups in total. The van der Waals surface area contributed by atoms with Crippen molar-refractivity contribution in [3.8, 4) is 0 Å². The van der Waals surface area contributed by atoms with Gasteiger partial charge in [-0.25, -0.2) is 24.0 Å². The fourth-order valence-corrected chi connectivity index (χ4v) is 2.92. The zero-order chi connectivity index (χ0) is 14.5. The Hall–Kier alpha value is -1.18. The van der Waals surface area contributed by atoms with E-state index >= 15 is 0 Å². The lowest BCUT2D eigenvalue weighted by atomic mass is 10.1. The molecule has 0 aliphatic heterocycles. The van der Waals surface area contributed by atoms with Crippen molar-refractivity contribution in [3.05, 3.63) is 18.3 Å². The van der Waals surface area contributed by atoms with Crippen molar-refractivity contribution in [2.75, 3.05) is 5.43 Å². The third kappa shape index (κ3) is 5.14. The Kier molecular flexibility index (Phi) is 5.71. The van der Waals surface area contributed by atoms with E-state index in [0.717, 1.165) is 12.8 Å². The molecular formula is C12H22N4O2S. The van der Waals surface area contributed by atoms with Gasteiger partial charge in [-0.2, -0.15) is 0 Å². The first kappa shape index (κ1) is 15.9. The van der Waals surface area contributed by atoms with Gasteiger partial charge in [-0.1, -0.05) is 13.8 Å². The Morgan fingerprint density at radius 3 is 2.58 bits per heavy atom. The number of nitrogens with two attached hydrogens (primary N) is 1. The molecule has 0 aliphatic rings. The Balaban J connectivity index is 2.74. The lowest BCUT2D eigenvalue weighted by Crippen LogP contribution is -2.32. The predicted octanol–water partition coefficient (Wildman–Crippen LogP) is 1.47. The minimum absolute atomic E-state index is 0.102. The average Bonchev–Trinajstić information content (AvgIpc) is 2.36. The highest BCUT2D eigenvalue weighted by Crippen LogP contribution is 2.14. The first-order valence-corrected chi connectivity index (χ1v) is 7.78. The molecule has 6 nitrogen and oxygen atoms in total. The Morgan fingerprint density at radius 1 is 1.32 bits per heavy atom. The van der Waals surface area contributed by atoms with Crippen LogP contribution in [-0.4, -0.2) is 19.4 Å². The molecule has 0 aromatic carbocycles. The van der Waals surface area contributed by atoms with E-state index in [0.29, 0.717) is 11.7 Å². The molecule has 0 saturated carbocycles. The minimum atomic E-state index is -3.53. The second-order valence-corrected chi connectivity index (χ2v) is 6.73. The smallest absolute Gasteiger partial charge is 0.240 e. The minimum Gasteiger partial charge on any atom is -0.308 e. The number of pyridine rings is 1. The Morgan fingerprint density at radius 2 is 2.00 bits per heavy atom. The van der Waals surface area contributed by atoms with Gasteiger partial charge in [0.15, 0.2) is 0 Å². The number of aromatic nitrogens is 1. The summed E-state index contributed by atoms with van der Waals surface area (Å²) in [6.45, 7) is 6.09. The lowest BCUT2D eigenvalue weighted by molar-refractivity contribution is 0.485. The SMILES string of the molecule is CC(C)CCC(C)NS(=O)(=O)c1ccnc(NN)c1. The van der Waals surface area contributed by atoms with E-state index in [1.165, 1.54) is 18.3 Å². The maximum atomic E-state index is 12.1. The van der Waals surface area contributed by atoms with E-state index in [1.807, 2.05) is 6.92 Å². The van der Waals surface area contributed by atoms with Crippen LogP contribution in [0, 0.1) is 5.92 Å². The highest BCUT2D eigenvalue weighted by molar-refractivity contribution is 7.89. The number of anilines is 1. The molecule has 0 saturated heterocycles. The van der Waals surface area contributed by atoms with E-state index < -0.39 is 10.0 Å². The van der Waals surface area contributed by atoms with Crippen molar-refractivity contribution in [2.45, 2.75) is 44.6 Å². The fraction of sp³-hybridized carbons (Fsp3) is 0.583. The van der Waals surface area contributed by atoms with Crippen molar-refractivity contribution < 1.29 is 8.42 Å². The van der Waals surface area contributed by atoms with Gasteiger partial charge in [0, 0.05) is 18.3 Å². The summed E-state index contributed by atoms with van der Waals surface area (Å²) in [4.78, 5) is 4.04. The van der Waals surface area contributed by atoms with Crippen molar-refractivity contribution in [1.82, 2.24) is 9.71 Å². The molecule has 1 atom stereocenters. The number of hydrogen-bond acceptors (Lipinski definition) is 5. The van der Waals surface area contributed by atoms with Crippen LogP contribution in [0.3, 0.4) is 0 Å². The summed E-state index contributed by atoms with van der Waals surface area (Å²) >= 11 is 0. The number of nitrogen functional groups attached to an aromatic ring is 1. The quantitative estimate of drug-likeness (QED) is 0.521. The number of hydrazine groups is 1.